The molecule has 0 saturated carbocycles. The van der Waals surface area contributed by atoms with Gasteiger partial charge in [0.15, 0.2) is 15.8 Å². The lowest BCUT2D eigenvalue weighted by Crippen LogP contribution is -2.39. The zero-order chi connectivity index (χ0) is 18.2. The van der Waals surface area contributed by atoms with Crippen LogP contribution in [0.2, 0.25) is 0 Å². The van der Waals surface area contributed by atoms with Gasteiger partial charge in [-0.15, -0.1) is 0 Å². The molecule has 0 aliphatic heterocycles. The van der Waals surface area contributed by atoms with Gasteiger partial charge in [0, 0.05) is 13.1 Å². The van der Waals surface area contributed by atoms with Crippen molar-refractivity contribution >= 4 is 15.8 Å². The largest absolute Gasteiger partial charge is 0.390 e. The second-order valence-electron chi connectivity index (χ2n) is 4.80. The first kappa shape index (κ1) is 20.2. The van der Waals surface area contributed by atoms with Crippen molar-refractivity contribution in [3.63, 3.8) is 0 Å². The van der Waals surface area contributed by atoms with Crippen molar-refractivity contribution in [1.82, 2.24) is 10.6 Å². The number of sulfone groups is 1. The summed E-state index contributed by atoms with van der Waals surface area (Å²) in [4.78, 5) is 3.30. The Bertz CT molecular complexity index is 660. The highest BCUT2D eigenvalue weighted by Crippen LogP contribution is 2.19. The first-order valence-electron chi connectivity index (χ1n) is 7.22. The van der Waals surface area contributed by atoms with E-state index in [9.17, 15) is 26.0 Å². The Morgan fingerprint density at radius 3 is 2.46 bits per heavy atom. The normalized spacial score (nSPS) is 13.0. The molecule has 1 rings (SSSR count). The third-order valence-corrected chi connectivity index (χ3v) is 4.59. The fraction of sp³-hybridized carbons (Fsp3) is 0.500. The predicted octanol–water partition coefficient (Wildman–Crippen LogP) is 2.11. The number of benzene rings is 1. The Balaban J connectivity index is 2.62. The molecule has 0 atom stereocenters. The van der Waals surface area contributed by atoms with Crippen LogP contribution >= 0.6 is 0 Å². The molecule has 10 heteroatoms. The van der Waals surface area contributed by atoms with Gasteiger partial charge in [0.05, 0.1) is 18.7 Å². The highest BCUT2D eigenvalue weighted by atomic mass is 32.2. The monoisotopic (exact) mass is 369 g/mol. The number of nitrogens with zero attached hydrogens (tertiary/aromatic N) is 1. The minimum Gasteiger partial charge on any atom is -0.357 e. The topological polar surface area (TPSA) is 70.6 Å². The molecule has 0 aliphatic carbocycles. The van der Waals surface area contributed by atoms with Crippen molar-refractivity contribution in [1.29, 1.82) is 0 Å². The summed E-state index contributed by atoms with van der Waals surface area (Å²) in [5.74, 6) is -1.19. The van der Waals surface area contributed by atoms with E-state index in [1.165, 1.54) is 12.1 Å². The Hall–Kier alpha value is -1.84. The molecule has 2 N–H and O–H groups in total. The van der Waals surface area contributed by atoms with Gasteiger partial charge in [-0.05, 0) is 19.1 Å². The average molecular weight is 369 g/mol. The van der Waals surface area contributed by atoms with Gasteiger partial charge >= 0.3 is 6.18 Å². The molecule has 0 spiro atoms. The van der Waals surface area contributed by atoms with E-state index in [4.69, 9.17) is 0 Å². The van der Waals surface area contributed by atoms with Gasteiger partial charge < -0.3 is 10.6 Å². The van der Waals surface area contributed by atoms with Gasteiger partial charge in [-0.3, -0.25) is 4.99 Å². The second-order valence-corrected chi connectivity index (χ2v) is 6.88. The zero-order valence-electron chi connectivity index (χ0n) is 13.0. The van der Waals surface area contributed by atoms with Gasteiger partial charge in [0.1, 0.15) is 10.7 Å². The quantitative estimate of drug-likeness (QED) is 0.439. The lowest BCUT2D eigenvalue weighted by Gasteiger charge is -2.12. The van der Waals surface area contributed by atoms with E-state index in [1.807, 2.05) is 0 Å². The maximum Gasteiger partial charge on any atom is 0.390 e. The number of alkyl halides is 3. The number of halogens is 4. The van der Waals surface area contributed by atoms with Crippen LogP contribution in [0.1, 0.15) is 13.3 Å². The molecule has 0 unspecified atom stereocenters. The van der Waals surface area contributed by atoms with Crippen molar-refractivity contribution in [3.05, 3.63) is 30.1 Å². The third kappa shape index (κ3) is 7.16. The van der Waals surface area contributed by atoms with E-state index in [1.54, 1.807) is 6.92 Å². The van der Waals surface area contributed by atoms with E-state index in [0.717, 1.165) is 12.1 Å². The fourth-order valence-electron chi connectivity index (χ4n) is 1.75. The van der Waals surface area contributed by atoms with Crippen molar-refractivity contribution in [3.8, 4) is 0 Å². The minimum absolute atomic E-state index is 0.0745. The molecule has 0 radical (unpaired) electrons. The Morgan fingerprint density at radius 1 is 1.21 bits per heavy atom. The maximum absolute atomic E-state index is 13.5. The minimum atomic E-state index is -4.31. The van der Waals surface area contributed by atoms with Crippen LogP contribution in [-0.4, -0.2) is 45.9 Å². The van der Waals surface area contributed by atoms with Crippen LogP contribution in [0.5, 0.6) is 0 Å². The fourth-order valence-corrected chi connectivity index (χ4v) is 2.99. The summed E-state index contributed by atoms with van der Waals surface area (Å²) in [5, 5.41) is 5.33. The molecule has 0 heterocycles. The van der Waals surface area contributed by atoms with Gasteiger partial charge in [0.25, 0.3) is 0 Å². The van der Waals surface area contributed by atoms with E-state index in [0.29, 0.717) is 6.54 Å². The standard InChI is InChI=1S/C14H19F4N3O2S/c1-2-19-13(20-8-7-14(16,17)18)21-9-10-24(22,23)12-6-4-3-5-11(12)15/h3-6H,2,7-10H2,1H3,(H2,19,20,21). The van der Waals surface area contributed by atoms with Crippen molar-refractivity contribution in [2.45, 2.75) is 24.4 Å². The van der Waals surface area contributed by atoms with Crippen molar-refractivity contribution in [2.24, 2.45) is 4.99 Å². The summed E-state index contributed by atoms with van der Waals surface area (Å²) < 4.78 is 73.9. The number of rotatable bonds is 7. The first-order valence-corrected chi connectivity index (χ1v) is 8.87. The van der Waals surface area contributed by atoms with Crippen LogP contribution in [0, 0.1) is 5.82 Å². The number of nitrogens with one attached hydrogen (secondary N) is 2. The van der Waals surface area contributed by atoms with E-state index in [-0.39, 0.29) is 12.5 Å². The van der Waals surface area contributed by atoms with Gasteiger partial charge in [0.2, 0.25) is 0 Å². The molecular weight excluding hydrogens is 350 g/mol. The summed E-state index contributed by atoms with van der Waals surface area (Å²) in [5.41, 5.74) is 0. The summed E-state index contributed by atoms with van der Waals surface area (Å²) in [6, 6.07) is 4.99. The second kappa shape index (κ2) is 8.86. The van der Waals surface area contributed by atoms with Crippen LogP contribution in [0.4, 0.5) is 17.6 Å². The summed E-state index contributed by atoms with van der Waals surface area (Å²) in [6.07, 6.45) is -5.38. The zero-order valence-corrected chi connectivity index (χ0v) is 13.8. The highest BCUT2D eigenvalue weighted by molar-refractivity contribution is 7.91. The van der Waals surface area contributed by atoms with Crippen LogP contribution in [0.3, 0.4) is 0 Å². The van der Waals surface area contributed by atoms with Gasteiger partial charge in [-0.1, -0.05) is 12.1 Å². The van der Waals surface area contributed by atoms with Crippen molar-refractivity contribution in [2.75, 3.05) is 25.4 Å². The Morgan fingerprint density at radius 2 is 1.88 bits per heavy atom. The molecule has 0 aromatic heterocycles. The number of aliphatic imine (C=N–C) groups is 1. The molecule has 136 valence electrons. The Labute approximate surface area is 138 Å². The first-order chi connectivity index (χ1) is 11.2. The summed E-state index contributed by atoms with van der Waals surface area (Å²) in [7, 11) is -3.85. The molecule has 1 aromatic carbocycles. The molecule has 0 bridgehead atoms. The number of hydrogen-bond donors (Lipinski definition) is 2. The highest BCUT2D eigenvalue weighted by Gasteiger charge is 2.26. The Kier molecular flexibility index (Phi) is 7.46. The van der Waals surface area contributed by atoms with Crippen LogP contribution in [-0.2, 0) is 9.84 Å². The molecule has 0 amide bonds. The van der Waals surface area contributed by atoms with E-state index >= 15 is 0 Å². The molecule has 0 saturated heterocycles. The van der Waals surface area contributed by atoms with Gasteiger partial charge in [-0.25, -0.2) is 12.8 Å². The van der Waals surface area contributed by atoms with Gasteiger partial charge in [-0.2, -0.15) is 13.2 Å². The van der Waals surface area contributed by atoms with E-state index < -0.39 is 45.4 Å². The number of hydrogen-bond acceptors (Lipinski definition) is 3. The third-order valence-electron chi connectivity index (χ3n) is 2.84. The number of guanidine groups is 1. The smallest absolute Gasteiger partial charge is 0.357 e. The molecular formula is C14H19F4N3O2S. The maximum atomic E-state index is 13.5. The average Bonchev–Trinajstić information content (AvgIpc) is 2.46. The predicted molar refractivity (Wildman–Crippen MR) is 83.1 cm³/mol. The van der Waals surface area contributed by atoms with E-state index in [2.05, 4.69) is 15.6 Å². The molecule has 0 fully saturated rings. The van der Waals surface area contributed by atoms with Crippen molar-refractivity contribution < 1.29 is 26.0 Å². The van der Waals surface area contributed by atoms with Crippen LogP contribution < -0.4 is 10.6 Å². The molecule has 0 aliphatic rings. The molecule has 24 heavy (non-hydrogen) atoms. The lowest BCUT2D eigenvalue weighted by molar-refractivity contribution is -0.132. The van der Waals surface area contributed by atoms with Crippen LogP contribution in [0.15, 0.2) is 34.2 Å². The molecule has 1 aromatic rings. The lowest BCUT2D eigenvalue weighted by atomic mass is 10.3. The SMILES string of the molecule is CCNC(=NCCC(F)(F)F)NCCS(=O)(=O)c1ccccc1F. The molecule has 5 nitrogen and oxygen atoms in total. The summed E-state index contributed by atoms with van der Waals surface area (Å²) >= 11 is 0. The van der Waals surface area contributed by atoms with Crippen LogP contribution in [0.25, 0.3) is 0 Å². The summed E-state index contributed by atoms with van der Waals surface area (Å²) in [6.45, 7) is 1.53.